The minimum Gasteiger partial charge on any atom is -0.288 e. The number of imide groups is 1. The summed E-state index contributed by atoms with van der Waals surface area (Å²) >= 11 is 0. The lowest BCUT2D eigenvalue weighted by molar-refractivity contribution is 0.0878. The van der Waals surface area contributed by atoms with Gasteiger partial charge in [-0.3, -0.25) is 14.9 Å². The molecule has 0 unspecified atom stereocenters. The van der Waals surface area contributed by atoms with Crippen molar-refractivity contribution in [2.45, 2.75) is 6.92 Å². The maximum Gasteiger partial charge on any atom is 0.261 e. The number of carbonyl (C=O) groups is 2. The van der Waals surface area contributed by atoms with Gasteiger partial charge >= 0.3 is 0 Å². The number of fused-ring (bicyclic) bond motifs is 1. The van der Waals surface area contributed by atoms with Gasteiger partial charge in [-0.25, -0.2) is 4.39 Å². The van der Waals surface area contributed by atoms with E-state index in [0.717, 1.165) is 0 Å². The summed E-state index contributed by atoms with van der Waals surface area (Å²) in [6, 6.07) is 2.67. The first kappa shape index (κ1) is 7.91. The van der Waals surface area contributed by atoms with Gasteiger partial charge < -0.3 is 0 Å². The summed E-state index contributed by atoms with van der Waals surface area (Å²) in [6.45, 7) is 1.66. The van der Waals surface area contributed by atoms with E-state index >= 15 is 0 Å². The normalized spacial score (nSPS) is 14.3. The molecule has 0 saturated carbocycles. The van der Waals surface area contributed by atoms with Gasteiger partial charge in [0.25, 0.3) is 11.8 Å². The summed E-state index contributed by atoms with van der Waals surface area (Å²) < 4.78 is 13.1. The van der Waals surface area contributed by atoms with Crippen LogP contribution in [0.15, 0.2) is 12.1 Å². The molecule has 1 aliphatic heterocycles. The molecule has 4 heteroatoms. The third-order valence-electron chi connectivity index (χ3n) is 2.04. The Morgan fingerprint density at radius 1 is 1.15 bits per heavy atom. The highest BCUT2D eigenvalue weighted by Crippen LogP contribution is 2.22. The average molecular weight is 179 g/mol. The molecule has 1 aliphatic rings. The van der Waals surface area contributed by atoms with Gasteiger partial charge in [-0.05, 0) is 18.6 Å². The largest absolute Gasteiger partial charge is 0.288 e. The Bertz CT molecular complexity index is 387. The van der Waals surface area contributed by atoms with Crippen molar-refractivity contribution in [2.24, 2.45) is 0 Å². The molecule has 0 spiro atoms. The number of amides is 2. The third kappa shape index (κ3) is 0.950. The summed E-state index contributed by atoms with van der Waals surface area (Å²) in [5.41, 5.74) is 0.634. The molecular weight excluding hydrogens is 173 g/mol. The fourth-order valence-corrected chi connectivity index (χ4v) is 1.42. The molecule has 1 aromatic carbocycles. The Morgan fingerprint density at radius 2 is 1.77 bits per heavy atom. The van der Waals surface area contributed by atoms with Crippen LogP contribution < -0.4 is 5.32 Å². The molecule has 0 bridgehead atoms. The first-order valence-electron chi connectivity index (χ1n) is 3.76. The standard InChI is InChI=1S/C9H6FNO2/c1-4-2-3-5(10)7-6(4)8(12)11-9(7)13/h2-3H,1H3,(H,11,12,13). The van der Waals surface area contributed by atoms with Gasteiger partial charge in [0.2, 0.25) is 0 Å². The zero-order valence-corrected chi connectivity index (χ0v) is 6.85. The molecule has 0 saturated heterocycles. The highest BCUT2D eigenvalue weighted by atomic mass is 19.1. The number of benzene rings is 1. The Labute approximate surface area is 73.6 Å². The van der Waals surface area contributed by atoms with Gasteiger partial charge in [-0.2, -0.15) is 0 Å². The Morgan fingerprint density at radius 3 is 2.38 bits per heavy atom. The summed E-state index contributed by atoms with van der Waals surface area (Å²) in [7, 11) is 0. The highest BCUT2D eigenvalue weighted by molar-refractivity contribution is 6.22. The van der Waals surface area contributed by atoms with Crippen LogP contribution in [0.1, 0.15) is 26.3 Å². The van der Waals surface area contributed by atoms with Crippen LogP contribution in [0.5, 0.6) is 0 Å². The molecule has 66 valence electrons. The van der Waals surface area contributed by atoms with Crippen LogP contribution in [0.2, 0.25) is 0 Å². The molecule has 1 N–H and O–H groups in total. The van der Waals surface area contributed by atoms with Gasteiger partial charge in [0.05, 0.1) is 11.1 Å². The lowest BCUT2D eigenvalue weighted by Crippen LogP contribution is -2.20. The lowest BCUT2D eigenvalue weighted by atomic mass is 10.0. The summed E-state index contributed by atoms with van der Waals surface area (Å²) in [5.74, 6) is -1.82. The number of carbonyl (C=O) groups excluding carboxylic acids is 2. The Hall–Kier alpha value is -1.71. The summed E-state index contributed by atoms with van der Waals surface area (Å²) in [5, 5.41) is 2.05. The van der Waals surface area contributed by atoms with E-state index < -0.39 is 17.6 Å². The van der Waals surface area contributed by atoms with E-state index in [1.165, 1.54) is 12.1 Å². The van der Waals surface area contributed by atoms with Crippen LogP contribution in [-0.2, 0) is 0 Å². The van der Waals surface area contributed by atoms with Gasteiger partial charge in [0, 0.05) is 0 Å². The van der Waals surface area contributed by atoms with Crippen LogP contribution in [0.3, 0.4) is 0 Å². The van der Waals surface area contributed by atoms with Crippen molar-refractivity contribution in [3.05, 3.63) is 34.6 Å². The van der Waals surface area contributed by atoms with Crippen LogP contribution in [-0.4, -0.2) is 11.8 Å². The van der Waals surface area contributed by atoms with Crippen LogP contribution in [0.25, 0.3) is 0 Å². The first-order chi connectivity index (χ1) is 6.11. The predicted molar refractivity (Wildman–Crippen MR) is 42.9 cm³/mol. The molecule has 0 aromatic heterocycles. The van der Waals surface area contributed by atoms with Crippen molar-refractivity contribution in [1.82, 2.24) is 5.32 Å². The molecule has 3 nitrogen and oxygen atoms in total. The molecule has 0 radical (unpaired) electrons. The SMILES string of the molecule is Cc1ccc(F)c2c1C(=O)NC2=O. The smallest absolute Gasteiger partial charge is 0.261 e. The maximum absolute atomic E-state index is 13.1. The average Bonchev–Trinajstić information content (AvgIpc) is 2.36. The van der Waals surface area contributed by atoms with E-state index in [4.69, 9.17) is 0 Å². The second kappa shape index (κ2) is 2.39. The molecule has 1 heterocycles. The molecule has 0 fully saturated rings. The second-order valence-electron chi connectivity index (χ2n) is 2.90. The first-order valence-corrected chi connectivity index (χ1v) is 3.76. The molecule has 2 rings (SSSR count). The molecule has 0 atom stereocenters. The zero-order chi connectivity index (χ0) is 9.59. The highest BCUT2D eigenvalue weighted by Gasteiger charge is 2.31. The lowest BCUT2D eigenvalue weighted by Gasteiger charge is -1.99. The second-order valence-corrected chi connectivity index (χ2v) is 2.90. The molecule has 0 aliphatic carbocycles. The fraction of sp³-hybridized carbons (Fsp3) is 0.111. The van der Waals surface area contributed by atoms with E-state index in [1.54, 1.807) is 6.92 Å². The third-order valence-corrected chi connectivity index (χ3v) is 2.04. The fourth-order valence-electron chi connectivity index (χ4n) is 1.42. The van der Waals surface area contributed by atoms with Crippen molar-refractivity contribution in [2.75, 3.05) is 0 Å². The van der Waals surface area contributed by atoms with Crippen LogP contribution in [0, 0.1) is 12.7 Å². The van der Waals surface area contributed by atoms with E-state index in [2.05, 4.69) is 0 Å². The minimum atomic E-state index is -0.652. The molecular formula is C9H6FNO2. The number of hydrogen-bond donors (Lipinski definition) is 1. The van der Waals surface area contributed by atoms with E-state index in [9.17, 15) is 14.0 Å². The van der Waals surface area contributed by atoms with Gasteiger partial charge in [-0.1, -0.05) is 6.07 Å². The molecule has 13 heavy (non-hydrogen) atoms. The molecule has 2 amide bonds. The number of aryl methyl sites for hydroxylation is 1. The molecule has 1 aromatic rings. The van der Waals surface area contributed by atoms with Crippen molar-refractivity contribution in [3.63, 3.8) is 0 Å². The number of nitrogens with one attached hydrogen (secondary N) is 1. The van der Waals surface area contributed by atoms with E-state index in [1.807, 2.05) is 5.32 Å². The predicted octanol–water partition coefficient (Wildman–Crippen LogP) is 1.02. The number of halogens is 1. The summed E-state index contributed by atoms with van der Waals surface area (Å²) in [4.78, 5) is 22.2. The van der Waals surface area contributed by atoms with E-state index in [-0.39, 0.29) is 11.1 Å². The van der Waals surface area contributed by atoms with Gasteiger partial charge in [-0.15, -0.1) is 0 Å². The van der Waals surface area contributed by atoms with Crippen molar-refractivity contribution < 1.29 is 14.0 Å². The minimum absolute atomic E-state index is 0.134. The van der Waals surface area contributed by atoms with Crippen molar-refractivity contribution in [3.8, 4) is 0 Å². The number of rotatable bonds is 0. The van der Waals surface area contributed by atoms with Crippen LogP contribution >= 0.6 is 0 Å². The Kier molecular flexibility index (Phi) is 1.45. The van der Waals surface area contributed by atoms with Gasteiger partial charge in [0.15, 0.2) is 0 Å². The quantitative estimate of drug-likeness (QED) is 0.604. The van der Waals surface area contributed by atoms with Crippen molar-refractivity contribution >= 4 is 11.8 Å². The zero-order valence-electron chi connectivity index (χ0n) is 6.85. The van der Waals surface area contributed by atoms with E-state index in [0.29, 0.717) is 5.56 Å². The Balaban J connectivity index is 2.81. The van der Waals surface area contributed by atoms with Crippen LogP contribution in [0.4, 0.5) is 4.39 Å². The summed E-state index contributed by atoms with van der Waals surface area (Å²) in [6.07, 6.45) is 0. The number of hydrogen-bond acceptors (Lipinski definition) is 2. The maximum atomic E-state index is 13.1. The topological polar surface area (TPSA) is 46.2 Å². The van der Waals surface area contributed by atoms with Crippen molar-refractivity contribution in [1.29, 1.82) is 0 Å². The monoisotopic (exact) mass is 179 g/mol. The van der Waals surface area contributed by atoms with Gasteiger partial charge in [0.1, 0.15) is 5.82 Å².